The highest BCUT2D eigenvalue weighted by molar-refractivity contribution is 7.63. The molecule has 0 amide bonds. The van der Waals surface area contributed by atoms with E-state index in [1.54, 1.807) is 231 Å². The average Bonchev–Trinajstić information content (AvgIpc) is 0.789. The third-order valence-corrected chi connectivity index (χ3v) is 18.3. The summed E-state index contributed by atoms with van der Waals surface area (Å²) in [4.78, 5) is 0. The second kappa shape index (κ2) is 65.1. The first-order valence-corrected chi connectivity index (χ1v) is 44.7. The van der Waals surface area contributed by atoms with Crippen LogP contribution < -0.4 is 50.5 Å². The van der Waals surface area contributed by atoms with Crippen LogP contribution in [0.15, 0.2) is 322 Å². The molecule has 11 aromatic carbocycles. The van der Waals surface area contributed by atoms with Crippen LogP contribution in [0, 0.1) is 0 Å². The fourth-order valence-electron chi connectivity index (χ4n) is 8.13. The van der Waals surface area contributed by atoms with Gasteiger partial charge in [0.25, 0.3) is 0 Å². The van der Waals surface area contributed by atoms with E-state index in [9.17, 15) is 18.3 Å². The molecule has 0 radical (unpaired) electrons. The maximum absolute atomic E-state index is 14.1. The smallest absolute Gasteiger partial charge is 0.413 e. The minimum atomic E-state index is -4.11. The van der Waals surface area contributed by atoms with Crippen molar-refractivity contribution in [1.29, 1.82) is 0 Å². The molecular formula is C92H128O15P4. The standard InChI is InChI=1S/C39H34O7P2.C18H15O4P.C13H13O4P.11C2H6/c1-39(2,31-23-27-36(28-24-31)43-47(40,38-21-13-6-14-22-38)42-33-15-7-3-8-16-33)32-25-29-37(30-26-32)46-48(41,44-34-17-9-4-10-18-34)45-35-19-11-5-12-20-35;19-23(20-16-10-4-1-5-11-16,21-17-12-6-2-7-13-17)22-18-14-8-3-9-15-18;1-15-18(14,16-12-8-4-2-5-9-12)17-13-10-6-3-7-11-13;11*1-2/h3-30H,1-2H3;1-15H;2-11H,1H3;11*1-2H3. The Hall–Kier alpha value is -9.70. The topological polar surface area (TPSA) is 170 Å². The van der Waals surface area contributed by atoms with Gasteiger partial charge in [-0.25, -0.2) is 9.13 Å². The molecule has 0 aromatic heterocycles. The summed E-state index contributed by atoms with van der Waals surface area (Å²) >= 11 is 0. The molecule has 0 spiro atoms. The first-order valence-electron chi connectivity index (χ1n) is 38.8. The first kappa shape index (κ1) is 105. The van der Waals surface area contributed by atoms with Gasteiger partial charge in [-0.3, -0.25) is 4.52 Å². The van der Waals surface area contributed by atoms with Crippen molar-refractivity contribution < 1.29 is 68.0 Å². The zero-order valence-corrected chi connectivity index (χ0v) is 74.1. The molecule has 0 saturated heterocycles. The largest absolute Gasteiger partial charge is 0.647 e. The zero-order chi connectivity index (χ0) is 84.3. The Kier molecular flexibility index (Phi) is 61.8. The summed E-state index contributed by atoms with van der Waals surface area (Å²) < 4.78 is 115. The normalized spacial score (nSPS) is 10.1. The number of rotatable bonds is 24. The summed E-state index contributed by atoms with van der Waals surface area (Å²) in [6.45, 7) is 48.2. The molecule has 0 aliphatic heterocycles. The molecule has 0 bridgehead atoms. The lowest BCUT2D eigenvalue weighted by Crippen LogP contribution is -2.19. The van der Waals surface area contributed by atoms with E-state index in [2.05, 4.69) is 13.8 Å². The van der Waals surface area contributed by atoms with Gasteiger partial charge in [0.1, 0.15) is 57.5 Å². The van der Waals surface area contributed by atoms with E-state index in [-0.39, 0.29) is 0 Å². The Bertz CT molecular complexity index is 3880. The number of benzene rings is 11. The summed E-state index contributed by atoms with van der Waals surface area (Å²) in [6.07, 6.45) is 0. The van der Waals surface area contributed by atoms with Gasteiger partial charge in [0, 0.05) is 12.5 Å². The van der Waals surface area contributed by atoms with Crippen LogP contribution in [-0.2, 0) is 28.2 Å². The van der Waals surface area contributed by atoms with Crippen LogP contribution in [0.2, 0.25) is 0 Å². The lowest BCUT2D eigenvalue weighted by molar-refractivity contribution is 0.250. The Balaban J connectivity index is -0.00000155. The molecule has 0 fully saturated rings. The van der Waals surface area contributed by atoms with Crippen LogP contribution in [0.5, 0.6) is 57.5 Å². The molecule has 0 N–H and O–H groups in total. The van der Waals surface area contributed by atoms with Crippen LogP contribution in [0.25, 0.3) is 0 Å². The van der Waals surface area contributed by atoms with Gasteiger partial charge in [-0.2, -0.15) is 9.13 Å². The average molecular weight is 1600 g/mol. The van der Waals surface area contributed by atoms with Crippen LogP contribution in [0.4, 0.5) is 0 Å². The van der Waals surface area contributed by atoms with E-state index < -0.39 is 36.5 Å². The predicted molar refractivity (Wildman–Crippen MR) is 471 cm³/mol. The van der Waals surface area contributed by atoms with Gasteiger partial charge in [0.2, 0.25) is 0 Å². The molecule has 606 valence electrons. The number of phosphoric ester groups is 3. The Labute approximate surface area is 669 Å². The van der Waals surface area contributed by atoms with E-state index in [0.717, 1.165) is 11.1 Å². The zero-order valence-electron chi connectivity index (χ0n) is 70.5. The first-order chi connectivity index (χ1) is 54.2. The van der Waals surface area contributed by atoms with Crippen molar-refractivity contribution in [3.63, 3.8) is 0 Å². The summed E-state index contributed by atoms with van der Waals surface area (Å²) in [5, 5.41) is 0.452. The molecule has 1 atom stereocenters. The van der Waals surface area contributed by atoms with E-state index in [1.165, 1.54) is 7.11 Å². The van der Waals surface area contributed by atoms with Crippen LogP contribution in [-0.4, -0.2) is 7.11 Å². The summed E-state index contributed by atoms with van der Waals surface area (Å²) in [6, 6.07) is 94.0. The lowest BCUT2D eigenvalue weighted by atomic mass is 9.78. The molecule has 19 heteroatoms. The van der Waals surface area contributed by atoms with Gasteiger partial charge in [-0.05, 0) is 145 Å². The third kappa shape index (κ3) is 41.2. The van der Waals surface area contributed by atoms with Crippen molar-refractivity contribution in [1.82, 2.24) is 0 Å². The van der Waals surface area contributed by atoms with E-state index in [0.29, 0.717) is 62.8 Å². The highest BCUT2D eigenvalue weighted by Crippen LogP contribution is 2.53. The second-order valence-electron chi connectivity index (χ2n) is 19.4. The van der Waals surface area contributed by atoms with Crippen molar-refractivity contribution in [2.45, 2.75) is 172 Å². The monoisotopic (exact) mass is 1600 g/mol. The second-order valence-corrected chi connectivity index (χ2v) is 25.8. The van der Waals surface area contributed by atoms with Crippen molar-refractivity contribution in [2.75, 3.05) is 7.11 Å². The molecule has 0 saturated carbocycles. The summed E-state index contributed by atoms with van der Waals surface area (Å²) in [7, 11) is -14.1. The van der Waals surface area contributed by atoms with E-state index in [1.807, 2.05) is 243 Å². The maximum Gasteiger partial charge on any atom is 0.647 e. The molecule has 11 aromatic rings. The molecule has 11 rings (SSSR count). The van der Waals surface area contributed by atoms with Crippen LogP contribution in [0.3, 0.4) is 0 Å². The van der Waals surface area contributed by atoms with Crippen LogP contribution >= 0.6 is 31.1 Å². The Morgan fingerprint density at radius 2 is 0.333 bits per heavy atom. The van der Waals surface area contributed by atoms with E-state index in [4.69, 9.17) is 49.8 Å². The highest BCUT2D eigenvalue weighted by atomic mass is 31.2. The van der Waals surface area contributed by atoms with Crippen molar-refractivity contribution in [3.05, 3.63) is 333 Å². The van der Waals surface area contributed by atoms with Crippen molar-refractivity contribution in [3.8, 4) is 57.5 Å². The van der Waals surface area contributed by atoms with Gasteiger partial charge >= 0.3 is 31.1 Å². The van der Waals surface area contributed by atoms with Gasteiger partial charge < -0.3 is 45.2 Å². The van der Waals surface area contributed by atoms with Gasteiger partial charge in [-0.1, -0.05) is 354 Å². The Morgan fingerprint density at radius 1 is 0.189 bits per heavy atom. The predicted octanol–water partition coefficient (Wildman–Crippen LogP) is 31.2. The molecule has 0 aliphatic rings. The van der Waals surface area contributed by atoms with Gasteiger partial charge in [0.05, 0.1) is 5.30 Å². The lowest BCUT2D eigenvalue weighted by Gasteiger charge is -2.27. The van der Waals surface area contributed by atoms with Crippen LogP contribution in [0.1, 0.15) is 177 Å². The van der Waals surface area contributed by atoms with E-state index >= 15 is 0 Å². The molecular weight excluding hydrogens is 1470 g/mol. The third-order valence-electron chi connectivity index (χ3n) is 12.6. The Morgan fingerprint density at radius 3 is 0.514 bits per heavy atom. The molecule has 1 unspecified atom stereocenters. The van der Waals surface area contributed by atoms with Gasteiger partial charge in [0.15, 0.2) is 0 Å². The number of para-hydroxylation sites is 8. The molecule has 15 nitrogen and oxygen atoms in total. The fourth-order valence-corrected chi connectivity index (χ4v) is 13.2. The number of phosphoric acid groups is 3. The minimum Gasteiger partial charge on any atom is -0.413 e. The molecule has 0 heterocycles. The SMILES string of the molecule is CC.CC.CC.CC.CC.CC.CC.CC.CC.CC.CC.CC(C)(c1ccc(OP(=O)(Oc2ccccc2)Oc2ccccc2)cc1)c1ccc(OP(=O)(Oc2ccccc2)c2ccccc2)cc1.COP(=O)(Oc1ccccc1)Oc1ccccc1.O=P(Oc1ccccc1)(Oc1ccccc1)Oc1ccccc1. The van der Waals surface area contributed by atoms with Crippen molar-refractivity contribution in [2.24, 2.45) is 0 Å². The maximum atomic E-state index is 14.1. The fraction of sp³-hybridized carbons (Fsp3) is 0.283. The summed E-state index contributed by atoms with van der Waals surface area (Å²) in [5.41, 5.74) is 1.53. The number of hydrogen-bond donors (Lipinski definition) is 0. The molecule has 111 heavy (non-hydrogen) atoms. The summed E-state index contributed by atoms with van der Waals surface area (Å²) in [5.74, 6) is 3.97. The highest BCUT2D eigenvalue weighted by Gasteiger charge is 2.36. The number of hydrogen-bond acceptors (Lipinski definition) is 15. The van der Waals surface area contributed by atoms with Gasteiger partial charge in [-0.15, -0.1) is 0 Å². The molecule has 0 aliphatic carbocycles. The quantitative estimate of drug-likeness (QED) is 0.0523. The minimum absolute atomic E-state index is 0.323. The van der Waals surface area contributed by atoms with Crippen molar-refractivity contribution >= 4 is 36.4 Å².